The molecule has 2 saturated carbocycles. The van der Waals surface area contributed by atoms with Crippen molar-refractivity contribution in [3.63, 3.8) is 0 Å². The van der Waals surface area contributed by atoms with E-state index in [4.69, 9.17) is 0 Å². The summed E-state index contributed by atoms with van der Waals surface area (Å²) in [7, 11) is -3.28. The number of likely N-dealkylation sites (N-methyl/N-ethyl adjacent to an activating group) is 1. The Balaban J connectivity index is 1.39. The molecule has 2 fully saturated rings. The van der Waals surface area contributed by atoms with Gasteiger partial charge in [0.05, 0.1) is 16.2 Å². The molecule has 1 aromatic heterocycles. The zero-order valence-electron chi connectivity index (χ0n) is 17.4. The Labute approximate surface area is 178 Å². The number of aromatic nitrogens is 1. The average molecular weight is 428 g/mol. The van der Waals surface area contributed by atoms with Crippen molar-refractivity contribution in [1.82, 2.24) is 15.2 Å². The van der Waals surface area contributed by atoms with Crippen LogP contribution in [0.15, 0.2) is 41.3 Å². The first-order chi connectivity index (χ1) is 14.4. The van der Waals surface area contributed by atoms with Crippen molar-refractivity contribution in [2.45, 2.75) is 68.0 Å². The summed E-state index contributed by atoms with van der Waals surface area (Å²) in [4.78, 5) is 19.0. The fourth-order valence-corrected chi connectivity index (χ4v) is 7.42. The fourth-order valence-electron chi connectivity index (χ4n) is 5.85. The van der Waals surface area contributed by atoms with Crippen LogP contribution in [-0.2, 0) is 22.8 Å². The SMILES string of the molecule is CCN(C(=O)c1cc2c([nH]1)CCCS2(=O)=O)[C@@]12CCC[C@]1(NCc1ccccc1)C2. The lowest BCUT2D eigenvalue weighted by molar-refractivity contribution is 0.0630. The van der Waals surface area contributed by atoms with Gasteiger partial charge < -0.3 is 15.2 Å². The molecule has 2 aromatic rings. The quantitative estimate of drug-likeness (QED) is 0.742. The van der Waals surface area contributed by atoms with E-state index in [1.807, 2.05) is 30.0 Å². The Morgan fingerprint density at radius 3 is 2.73 bits per heavy atom. The molecule has 7 heteroatoms. The van der Waals surface area contributed by atoms with Gasteiger partial charge in [0.25, 0.3) is 5.91 Å². The van der Waals surface area contributed by atoms with Gasteiger partial charge in [-0.25, -0.2) is 8.42 Å². The Morgan fingerprint density at radius 2 is 2.00 bits per heavy atom. The third-order valence-corrected chi connectivity index (χ3v) is 9.23. The van der Waals surface area contributed by atoms with Crippen LogP contribution in [0.4, 0.5) is 0 Å². The predicted octanol–water partition coefficient (Wildman–Crippen LogP) is 3.05. The van der Waals surface area contributed by atoms with Gasteiger partial charge >= 0.3 is 0 Å². The van der Waals surface area contributed by atoms with Gasteiger partial charge in [-0.3, -0.25) is 4.79 Å². The van der Waals surface area contributed by atoms with Crippen molar-refractivity contribution in [2.24, 2.45) is 0 Å². The van der Waals surface area contributed by atoms with Crippen LogP contribution < -0.4 is 5.32 Å². The lowest BCUT2D eigenvalue weighted by Gasteiger charge is -2.32. The molecule has 5 rings (SSSR count). The number of H-pyrrole nitrogens is 1. The molecule has 2 heterocycles. The second-order valence-electron chi connectivity index (χ2n) is 8.98. The molecule has 2 atom stereocenters. The summed E-state index contributed by atoms with van der Waals surface area (Å²) < 4.78 is 24.8. The molecule has 0 spiro atoms. The van der Waals surface area contributed by atoms with E-state index in [1.165, 1.54) is 5.56 Å². The van der Waals surface area contributed by atoms with Crippen molar-refractivity contribution in [2.75, 3.05) is 12.3 Å². The summed E-state index contributed by atoms with van der Waals surface area (Å²) in [6.45, 7) is 3.43. The van der Waals surface area contributed by atoms with Crippen LogP contribution in [0.2, 0.25) is 0 Å². The second kappa shape index (κ2) is 6.95. The minimum atomic E-state index is -3.28. The van der Waals surface area contributed by atoms with Gasteiger partial charge in [-0.2, -0.15) is 0 Å². The number of nitrogens with one attached hydrogen (secondary N) is 2. The van der Waals surface area contributed by atoms with Gasteiger partial charge in [0.15, 0.2) is 9.84 Å². The summed E-state index contributed by atoms with van der Waals surface area (Å²) in [5.41, 5.74) is 2.15. The lowest BCUT2D eigenvalue weighted by atomic mass is 10.1. The smallest absolute Gasteiger partial charge is 0.270 e. The van der Waals surface area contributed by atoms with Crippen molar-refractivity contribution in [1.29, 1.82) is 0 Å². The Kier molecular flexibility index (Phi) is 4.59. The summed E-state index contributed by atoms with van der Waals surface area (Å²) in [5.74, 6) is 0.0896. The maximum Gasteiger partial charge on any atom is 0.270 e. The molecular formula is C23H29N3O3S. The number of fused-ring (bicyclic) bond motifs is 2. The number of benzene rings is 1. The van der Waals surface area contributed by atoms with E-state index in [1.54, 1.807) is 6.07 Å². The van der Waals surface area contributed by atoms with Gasteiger partial charge in [0.1, 0.15) is 5.69 Å². The zero-order chi connectivity index (χ0) is 21.0. The van der Waals surface area contributed by atoms with Crippen LogP contribution in [0.1, 0.15) is 60.8 Å². The maximum atomic E-state index is 13.5. The van der Waals surface area contributed by atoms with Crippen LogP contribution >= 0.6 is 0 Å². The number of nitrogens with zero attached hydrogens (tertiary/aromatic N) is 1. The number of aromatic amines is 1. The fraction of sp³-hybridized carbons (Fsp3) is 0.522. The normalized spacial score (nSPS) is 28.6. The van der Waals surface area contributed by atoms with Crippen molar-refractivity contribution in [3.8, 4) is 0 Å². The first kappa shape index (κ1) is 19.8. The van der Waals surface area contributed by atoms with Gasteiger partial charge in [0, 0.05) is 24.3 Å². The number of aryl methyl sites for hydroxylation is 1. The van der Waals surface area contributed by atoms with Gasteiger partial charge in [-0.15, -0.1) is 0 Å². The molecule has 2 aliphatic carbocycles. The lowest BCUT2D eigenvalue weighted by Crippen LogP contribution is -2.49. The van der Waals surface area contributed by atoms with Crippen molar-refractivity contribution >= 4 is 15.7 Å². The Morgan fingerprint density at radius 1 is 1.20 bits per heavy atom. The molecule has 0 radical (unpaired) electrons. The molecule has 0 unspecified atom stereocenters. The molecule has 1 aliphatic heterocycles. The minimum Gasteiger partial charge on any atom is -0.353 e. The topological polar surface area (TPSA) is 82.3 Å². The highest BCUT2D eigenvalue weighted by atomic mass is 32.2. The van der Waals surface area contributed by atoms with E-state index in [9.17, 15) is 13.2 Å². The number of carbonyl (C=O) groups is 1. The van der Waals surface area contributed by atoms with E-state index < -0.39 is 9.84 Å². The van der Waals surface area contributed by atoms with Crippen LogP contribution in [0, 0.1) is 0 Å². The molecule has 0 saturated heterocycles. The average Bonchev–Trinajstić information content (AvgIpc) is 3.04. The molecular weight excluding hydrogens is 398 g/mol. The number of hydrogen-bond acceptors (Lipinski definition) is 4. The standard InChI is InChI=1S/C23H29N3O3S/c1-2-26(21(27)19-14-20-18(25-19)10-6-13-30(20,28)29)23-12-7-11-22(23,16-23)24-15-17-8-4-3-5-9-17/h3-5,8-9,14,24-25H,2,6-7,10-13,15-16H2,1H3/t22-,23+/m0/s1. The monoisotopic (exact) mass is 427 g/mol. The molecule has 1 amide bonds. The molecule has 30 heavy (non-hydrogen) atoms. The first-order valence-corrected chi connectivity index (χ1v) is 12.6. The van der Waals surface area contributed by atoms with Gasteiger partial charge in [-0.1, -0.05) is 30.3 Å². The summed E-state index contributed by atoms with van der Waals surface area (Å²) >= 11 is 0. The summed E-state index contributed by atoms with van der Waals surface area (Å²) in [5, 5.41) is 3.77. The Bertz CT molecular complexity index is 1080. The second-order valence-corrected chi connectivity index (χ2v) is 11.1. The maximum absolute atomic E-state index is 13.5. The van der Waals surface area contributed by atoms with Crippen molar-refractivity contribution < 1.29 is 13.2 Å². The molecule has 2 N–H and O–H groups in total. The van der Waals surface area contributed by atoms with E-state index in [0.717, 1.165) is 32.2 Å². The first-order valence-electron chi connectivity index (χ1n) is 11.0. The van der Waals surface area contributed by atoms with E-state index in [2.05, 4.69) is 22.4 Å². The summed E-state index contributed by atoms with van der Waals surface area (Å²) in [6.07, 6.45) is 5.41. The van der Waals surface area contributed by atoms with Gasteiger partial charge in [-0.05, 0) is 57.1 Å². The number of sulfone groups is 1. The van der Waals surface area contributed by atoms with E-state index in [0.29, 0.717) is 35.7 Å². The van der Waals surface area contributed by atoms with Crippen LogP contribution in [0.25, 0.3) is 0 Å². The largest absolute Gasteiger partial charge is 0.353 e. The molecule has 160 valence electrons. The highest BCUT2D eigenvalue weighted by Crippen LogP contribution is 2.63. The number of rotatable bonds is 6. The highest BCUT2D eigenvalue weighted by Gasteiger charge is 2.73. The molecule has 3 aliphatic rings. The molecule has 1 aromatic carbocycles. The third kappa shape index (κ3) is 2.94. The van der Waals surface area contributed by atoms with Crippen LogP contribution in [0.3, 0.4) is 0 Å². The number of carbonyl (C=O) groups excluding carboxylic acids is 1. The highest BCUT2D eigenvalue weighted by molar-refractivity contribution is 7.91. The molecule has 0 bridgehead atoms. The zero-order valence-corrected chi connectivity index (χ0v) is 18.2. The third-order valence-electron chi connectivity index (χ3n) is 7.37. The predicted molar refractivity (Wildman–Crippen MR) is 115 cm³/mol. The van der Waals surface area contributed by atoms with Gasteiger partial charge in [0.2, 0.25) is 0 Å². The van der Waals surface area contributed by atoms with Crippen LogP contribution in [-0.4, -0.2) is 47.6 Å². The molecule has 6 nitrogen and oxygen atoms in total. The van der Waals surface area contributed by atoms with E-state index in [-0.39, 0.29) is 22.7 Å². The summed E-state index contributed by atoms with van der Waals surface area (Å²) in [6, 6.07) is 11.9. The van der Waals surface area contributed by atoms with Crippen molar-refractivity contribution in [3.05, 3.63) is 53.3 Å². The number of hydrogen-bond donors (Lipinski definition) is 2. The van der Waals surface area contributed by atoms with E-state index >= 15 is 0 Å². The Hall–Kier alpha value is -2.12. The van der Waals surface area contributed by atoms with Crippen LogP contribution in [0.5, 0.6) is 0 Å². The number of amides is 1. The minimum absolute atomic E-state index is 0.0349.